The van der Waals surface area contributed by atoms with Crippen LogP contribution in [0.25, 0.3) is 21.5 Å². The van der Waals surface area contributed by atoms with Crippen molar-refractivity contribution in [3.8, 4) is 0 Å². The van der Waals surface area contributed by atoms with Gasteiger partial charge in [-0.3, -0.25) is 0 Å². The first-order valence-electron chi connectivity index (χ1n) is 10.2. The van der Waals surface area contributed by atoms with Gasteiger partial charge < -0.3 is 19.0 Å². The van der Waals surface area contributed by atoms with Gasteiger partial charge in [0.05, 0.1) is 0 Å². The molecule has 0 unspecified atom stereocenters. The molecule has 0 aromatic heterocycles. The van der Waals surface area contributed by atoms with E-state index < -0.39 is 8.80 Å². The Kier molecular flexibility index (Phi) is 8.92. The Morgan fingerprint density at radius 2 is 1.25 bits per heavy atom. The molecule has 3 aromatic carbocycles. The van der Waals surface area contributed by atoms with Crippen LogP contribution in [0.4, 0.5) is 5.69 Å². The van der Waals surface area contributed by atoms with E-state index in [1.165, 1.54) is 16.2 Å². The van der Waals surface area contributed by atoms with E-state index in [-0.39, 0.29) is 0 Å². The molecule has 0 radical (unpaired) electrons. The van der Waals surface area contributed by atoms with Crippen LogP contribution in [0.5, 0.6) is 0 Å². The van der Waals surface area contributed by atoms with Crippen LogP contribution in [0, 0.1) is 0 Å². The zero-order valence-electron chi connectivity index (χ0n) is 17.5. The maximum absolute atomic E-state index is 5.95. The summed E-state index contributed by atoms with van der Waals surface area (Å²) < 4.78 is 16.9. The number of hydrogen-bond acceptors (Lipinski definition) is 4. The molecule has 28 heavy (non-hydrogen) atoms. The summed E-state index contributed by atoms with van der Waals surface area (Å²) in [5, 5.41) is 4.84. The van der Waals surface area contributed by atoms with Gasteiger partial charge in [0.1, 0.15) is 0 Å². The van der Waals surface area contributed by atoms with Gasteiger partial charge in [-0.15, -0.1) is 0 Å². The van der Waals surface area contributed by atoms with Crippen molar-refractivity contribution in [2.75, 3.05) is 25.6 Å². The van der Waals surface area contributed by atoms with Crippen LogP contribution in [0.3, 0.4) is 0 Å². The molecule has 152 valence electrons. The molecule has 0 aliphatic carbocycles. The molecule has 0 aliphatic rings. The molecule has 0 fully saturated rings. The third-order valence-corrected chi connectivity index (χ3v) is 7.73. The molecular weight excluding hydrogens is 366 g/mol. The van der Waals surface area contributed by atoms with Crippen molar-refractivity contribution in [3.05, 3.63) is 54.6 Å². The molecule has 0 atom stereocenters. The Hall–Kier alpha value is -1.92. The number of benzene rings is 3. The van der Waals surface area contributed by atoms with E-state index in [2.05, 4.69) is 43.3 Å². The van der Waals surface area contributed by atoms with Crippen LogP contribution in [-0.2, 0) is 13.3 Å². The number of nitrogen functional groups attached to an aromatic ring is 1. The molecule has 2 N–H and O–H groups in total. The molecule has 3 rings (SSSR count). The predicted octanol–water partition coefficient (Wildman–Crippen LogP) is 6.02. The monoisotopic (exact) mass is 399 g/mol. The van der Waals surface area contributed by atoms with Gasteiger partial charge in [-0.1, -0.05) is 49.7 Å². The summed E-state index contributed by atoms with van der Waals surface area (Å²) in [6.45, 7) is 10.1. The smallest absolute Gasteiger partial charge is 0.398 e. The highest BCUT2D eigenvalue weighted by Gasteiger charge is 2.38. The highest BCUT2D eigenvalue weighted by molar-refractivity contribution is 6.60. The van der Waals surface area contributed by atoms with E-state index in [0.29, 0.717) is 19.8 Å². The fourth-order valence-corrected chi connectivity index (χ4v) is 5.91. The van der Waals surface area contributed by atoms with Crippen molar-refractivity contribution in [2.24, 2.45) is 0 Å². The summed E-state index contributed by atoms with van der Waals surface area (Å²) in [5.74, 6) is 0. The maximum atomic E-state index is 5.95. The van der Waals surface area contributed by atoms with Crippen LogP contribution in [-0.4, -0.2) is 28.6 Å². The zero-order valence-corrected chi connectivity index (χ0v) is 18.5. The van der Waals surface area contributed by atoms with Gasteiger partial charge in [-0.25, -0.2) is 0 Å². The van der Waals surface area contributed by atoms with Gasteiger partial charge >= 0.3 is 8.80 Å². The first kappa shape index (κ1) is 22.4. The van der Waals surface area contributed by atoms with Gasteiger partial charge in [0.25, 0.3) is 0 Å². The average Bonchev–Trinajstić information content (AvgIpc) is 2.68. The lowest BCUT2D eigenvalue weighted by molar-refractivity contribution is 0.0712. The molecular formula is C23H33NO3Si. The third-order valence-electron chi connectivity index (χ3n) is 4.43. The lowest BCUT2D eigenvalue weighted by atomic mass is 10.0. The van der Waals surface area contributed by atoms with Gasteiger partial charge in [-0.05, 0) is 55.1 Å². The lowest BCUT2D eigenvalue weighted by Gasteiger charge is -2.27. The Morgan fingerprint density at radius 1 is 0.714 bits per heavy atom. The second kappa shape index (κ2) is 11.2. The topological polar surface area (TPSA) is 53.7 Å². The number of rotatable bonds is 8. The van der Waals surface area contributed by atoms with Gasteiger partial charge in [0.15, 0.2) is 0 Å². The Bertz CT molecular complexity index is 839. The Balaban J connectivity index is 0.000000204. The second-order valence-corrected chi connectivity index (χ2v) is 9.23. The SMILES string of the molecule is CCC[Si](OCC)(OCC)OCC.Nc1cccc2cc3ccccc3cc12. The van der Waals surface area contributed by atoms with Crippen molar-refractivity contribution in [3.63, 3.8) is 0 Å². The highest BCUT2D eigenvalue weighted by Crippen LogP contribution is 2.26. The molecule has 0 aliphatic heterocycles. The van der Waals surface area contributed by atoms with E-state index in [0.717, 1.165) is 23.5 Å². The normalized spacial score (nSPS) is 11.4. The number of hydrogen-bond donors (Lipinski definition) is 1. The van der Waals surface area contributed by atoms with E-state index in [4.69, 9.17) is 19.0 Å². The molecule has 0 bridgehead atoms. The predicted molar refractivity (Wildman–Crippen MR) is 122 cm³/mol. The van der Waals surface area contributed by atoms with Crippen LogP contribution in [0.15, 0.2) is 54.6 Å². The summed E-state index contributed by atoms with van der Waals surface area (Å²) in [7, 11) is -2.30. The molecule has 3 aromatic rings. The van der Waals surface area contributed by atoms with E-state index >= 15 is 0 Å². The van der Waals surface area contributed by atoms with E-state index in [1.54, 1.807) is 0 Å². The lowest BCUT2D eigenvalue weighted by Crippen LogP contribution is -2.45. The van der Waals surface area contributed by atoms with Gasteiger partial charge in [-0.2, -0.15) is 0 Å². The van der Waals surface area contributed by atoms with Crippen molar-refractivity contribution >= 4 is 36.0 Å². The van der Waals surface area contributed by atoms with Crippen molar-refractivity contribution in [1.82, 2.24) is 0 Å². The summed E-state index contributed by atoms with van der Waals surface area (Å²) >= 11 is 0. The zero-order chi connectivity index (χ0) is 20.4. The Morgan fingerprint density at radius 3 is 1.79 bits per heavy atom. The van der Waals surface area contributed by atoms with E-state index in [1.807, 2.05) is 39.0 Å². The van der Waals surface area contributed by atoms with Gasteiger partial charge in [0, 0.05) is 36.9 Å². The number of nitrogens with two attached hydrogens (primary N) is 1. The van der Waals surface area contributed by atoms with Crippen LogP contribution < -0.4 is 5.73 Å². The minimum atomic E-state index is -2.30. The summed E-state index contributed by atoms with van der Waals surface area (Å²) in [5.41, 5.74) is 6.79. The van der Waals surface area contributed by atoms with Crippen LogP contribution >= 0.6 is 0 Å². The van der Waals surface area contributed by atoms with Crippen LogP contribution in [0.2, 0.25) is 6.04 Å². The first-order chi connectivity index (χ1) is 13.6. The van der Waals surface area contributed by atoms with Crippen molar-refractivity contribution in [2.45, 2.75) is 40.2 Å². The summed E-state index contributed by atoms with van der Waals surface area (Å²) in [6.07, 6.45) is 1.05. The fourth-order valence-electron chi connectivity index (χ4n) is 3.30. The second-order valence-electron chi connectivity index (χ2n) is 6.50. The molecule has 0 spiro atoms. The largest absolute Gasteiger partial charge is 0.500 e. The van der Waals surface area contributed by atoms with Crippen molar-refractivity contribution < 1.29 is 13.3 Å². The number of anilines is 1. The van der Waals surface area contributed by atoms with Crippen molar-refractivity contribution in [1.29, 1.82) is 0 Å². The average molecular weight is 400 g/mol. The minimum absolute atomic E-state index is 0.673. The molecule has 4 nitrogen and oxygen atoms in total. The first-order valence-corrected chi connectivity index (χ1v) is 12.1. The van der Waals surface area contributed by atoms with Gasteiger partial charge in [0.2, 0.25) is 0 Å². The van der Waals surface area contributed by atoms with E-state index in [9.17, 15) is 0 Å². The third kappa shape index (κ3) is 5.79. The molecule has 0 amide bonds. The number of fused-ring (bicyclic) bond motifs is 2. The highest BCUT2D eigenvalue weighted by atomic mass is 28.4. The molecule has 0 saturated heterocycles. The maximum Gasteiger partial charge on any atom is 0.500 e. The summed E-state index contributed by atoms with van der Waals surface area (Å²) in [4.78, 5) is 0. The fraction of sp³-hybridized carbons (Fsp3) is 0.391. The Labute approximate surface area is 170 Å². The van der Waals surface area contributed by atoms with Crippen LogP contribution in [0.1, 0.15) is 34.1 Å². The quantitative estimate of drug-likeness (QED) is 0.286. The molecule has 0 saturated carbocycles. The standard InChI is InChI=1S/C14H11N.C9H22O3Si/c15-14-7-3-6-12-8-10-4-1-2-5-11(10)9-13(12)14;1-5-9-13(10-6-2,11-7-3)12-8-4/h1-9H,15H2;5-9H2,1-4H3. The molecule has 5 heteroatoms. The summed E-state index contributed by atoms with van der Waals surface area (Å²) in [6, 6.07) is 19.6. The minimum Gasteiger partial charge on any atom is -0.398 e. The molecule has 0 heterocycles.